The molecule has 1 heterocycles. The van der Waals surface area contributed by atoms with Gasteiger partial charge < -0.3 is 5.32 Å². The molecule has 0 spiro atoms. The van der Waals surface area contributed by atoms with Crippen LogP contribution in [-0.4, -0.2) is 10.2 Å². The predicted octanol–water partition coefficient (Wildman–Crippen LogP) is 6.04. The lowest BCUT2D eigenvalue weighted by Gasteiger charge is -2.19. The van der Waals surface area contributed by atoms with Crippen molar-refractivity contribution in [3.8, 4) is 0 Å². The Morgan fingerprint density at radius 3 is 2.44 bits per heavy atom. The number of pyridine rings is 1. The van der Waals surface area contributed by atoms with Crippen molar-refractivity contribution >= 4 is 22.7 Å². The van der Waals surface area contributed by atoms with Crippen LogP contribution in [0.2, 0.25) is 0 Å². The molecule has 2 aromatic rings. The van der Waals surface area contributed by atoms with Gasteiger partial charge in [-0.3, -0.25) is 9.78 Å². The second-order valence-electron chi connectivity index (χ2n) is 7.74. The second-order valence-corrected chi connectivity index (χ2v) is 8.69. The summed E-state index contributed by atoms with van der Waals surface area (Å²) in [5, 5.41) is 2.94. The van der Waals surface area contributed by atoms with Gasteiger partial charge >= 0.3 is 0 Å². The Morgan fingerprint density at radius 2 is 1.84 bits per heavy atom. The van der Waals surface area contributed by atoms with E-state index in [2.05, 4.69) is 69.2 Å². The molecule has 4 heteroatoms. The van der Waals surface area contributed by atoms with Gasteiger partial charge in [0.05, 0.1) is 11.4 Å². The van der Waals surface area contributed by atoms with Crippen LogP contribution in [0.15, 0.2) is 42.6 Å². The van der Waals surface area contributed by atoms with E-state index >= 15 is 0 Å². The molecule has 1 N–H and O–H groups in total. The van der Waals surface area contributed by atoms with Crippen molar-refractivity contribution in [3.05, 3.63) is 59.4 Å². The third kappa shape index (κ3) is 6.20. The second kappa shape index (κ2) is 8.52. The highest BCUT2D eigenvalue weighted by atomic mass is 32.2. The molecule has 1 amide bonds. The van der Waals surface area contributed by atoms with Gasteiger partial charge in [-0.05, 0) is 41.0 Å². The fourth-order valence-electron chi connectivity index (χ4n) is 2.50. The first-order chi connectivity index (χ1) is 11.8. The molecule has 0 atom stereocenters. The fraction of sp³-hybridized carbons (Fsp3) is 0.429. The molecule has 0 aliphatic rings. The van der Waals surface area contributed by atoms with E-state index in [1.165, 1.54) is 17.3 Å². The van der Waals surface area contributed by atoms with E-state index in [0.717, 1.165) is 23.4 Å². The van der Waals surface area contributed by atoms with Gasteiger partial charge in [-0.1, -0.05) is 70.6 Å². The van der Waals surface area contributed by atoms with E-state index in [0.29, 0.717) is 11.7 Å². The molecule has 0 aliphatic carbocycles. The SMILES string of the molecule is CC(C)Cc1ncccc1NC(=O)SCc1ccc(C(C)(C)C)cc1. The number of carbonyl (C=O) groups is 1. The monoisotopic (exact) mass is 356 g/mol. The number of rotatable bonds is 5. The van der Waals surface area contributed by atoms with Crippen LogP contribution in [0.25, 0.3) is 0 Å². The van der Waals surface area contributed by atoms with Crippen LogP contribution in [0.3, 0.4) is 0 Å². The summed E-state index contributed by atoms with van der Waals surface area (Å²) in [5.74, 6) is 1.16. The molecule has 1 aromatic carbocycles. The molecule has 0 saturated heterocycles. The average Bonchev–Trinajstić information content (AvgIpc) is 2.54. The van der Waals surface area contributed by atoms with E-state index in [4.69, 9.17) is 0 Å². The Morgan fingerprint density at radius 1 is 1.16 bits per heavy atom. The maximum atomic E-state index is 12.3. The molecule has 0 bridgehead atoms. The van der Waals surface area contributed by atoms with Gasteiger partial charge in [-0.25, -0.2) is 0 Å². The summed E-state index contributed by atoms with van der Waals surface area (Å²) in [5.41, 5.74) is 4.37. The number of anilines is 1. The molecule has 134 valence electrons. The summed E-state index contributed by atoms with van der Waals surface area (Å²) in [7, 11) is 0. The number of hydrogen-bond acceptors (Lipinski definition) is 3. The summed E-state index contributed by atoms with van der Waals surface area (Å²) in [6, 6.07) is 12.3. The lowest BCUT2D eigenvalue weighted by molar-refractivity contribution is 0.269. The first-order valence-corrected chi connectivity index (χ1v) is 9.71. The smallest absolute Gasteiger partial charge is 0.283 e. The molecule has 25 heavy (non-hydrogen) atoms. The number of amides is 1. The third-order valence-corrected chi connectivity index (χ3v) is 4.76. The van der Waals surface area contributed by atoms with Crippen molar-refractivity contribution in [2.24, 2.45) is 5.92 Å². The van der Waals surface area contributed by atoms with Crippen molar-refractivity contribution < 1.29 is 4.79 Å². The lowest BCUT2D eigenvalue weighted by atomic mass is 9.87. The number of benzene rings is 1. The molecule has 0 fully saturated rings. The van der Waals surface area contributed by atoms with Gasteiger partial charge in [0.15, 0.2) is 0 Å². The topological polar surface area (TPSA) is 42.0 Å². The predicted molar refractivity (Wildman–Crippen MR) is 108 cm³/mol. The minimum atomic E-state index is -0.0436. The molecule has 0 aliphatic heterocycles. The van der Waals surface area contributed by atoms with Crippen LogP contribution < -0.4 is 5.32 Å². The van der Waals surface area contributed by atoms with Crippen LogP contribution in [0.5, 0.6) is 0 Å². The Bertz CT molecular complexity index is 703. The van der Waals surface area contributed by atoms with Gasteiger partial charge in [-0.2, -0.15) is 0 Å². The lowest BCUT2D eigenvalue weighted by Crippen LogP contribution is -2.11. The summed E-state index contributed by atoms with van der Waals surface area (Å²) >= 11 is 1.29. The van der Waals surface area contributed by atoms with Crippen molar-refractivity contribution in [2.45, 2.75) is 52.2 Å². The van der Waals surface area contributed by atoms with Crippen molar-refractivity contribution in [1.82, 2.24) is 4.98 Å². The molecule has 0 saturated carbocycles. The molecular formula is C21H28N2OS. The van der Waals surface area contributed by atoms with E-state index < -0.39 is 0 Å². The maximum absolute atomic E-state index is 12.3. The fourth-order valence-corrected chi connectivity index (χ4v) is 3.17. The Labute approximate surface area is 155 Å². The van der Waals surface area contributed by atoms with Gasteiger partial charge in [-0.15, -0.1) is 0 Å². The maximum Gasteiger partial charge on any atom is 0.283 e. The molecule has 0 radical (unpaired) electrons. The minimum Gasteiger partial charge on any atom is -0.315 e. The van der Waals surface area contributed by atoms with Gasteiger partial charge in [0.1, 0.15) is 0 Å². The highest BCUT2D eigenvalue weighted by Crippen LogP contribution is 2.24. The van der Waals surface area contributed by atoms with Crippen LogP contribution >= 0.6 is 11.8 Å². The zero-order chi connectivity index (χ0) is 18.4. The van der Waals surface area contributed by atoms with Crippen molar-refractivity contribution in [3.63, 3.8) is 0 Å². The summed E-state index contributed by atoms with van der Waals surface area (Å²) < 4.78 is 0. The number of nitrogens with zero attached hydrogens (tertiary/aromatic N) is 1. The third-order valence-electron chi connectivity index (χ3n) is 3.92. The summed E-state index contributed by atoms with van der Waals surface area (Å²) in [6.45, 7) is 10.9. The highest BCUT2D eigenvalue weighted by Gasteiger charge is 2.13. The summed E-state index contributed by atoms with van der Waals surface area (Å²) in [6.07, 6.45) is 2.63. The van der Waals surface area contributed by atoms with Gasteiger partial charge in [0.2, 0.25) is 0 Å². The Kier molecular flexibility index (Phi) is 6.65. The van der Waals surface area contributed by atoms with Crippen LogP contribution in [0, 0.1) is 5.92 Å². The molecular weight excluding hydrogens is 328 g/mol. The number of aromatic nitrogens is 1. The van der Waals surface area contributed by atoms with Crippen LogP contribution in [-0.2, 0) is 17.6 Å². The van der Waals surface area contributed by atoms with Crippen molar-refractivity contribution in [1.29, 1.82) is 0 Å². The van der Waals surface area contributed by atoms with Crippen molar-refractivity contribution in [2.75, 3.05) is 5.32 Å². The molecule has 3 nitrogen and oxygen atoms in total. The number of carbonyl (C=O) groups excluding carboxylic acids is 1. The normalized spacial score (nSPS) is 11.6. The average molecular weight is 357 g/mol. The Hall–Kier alpha value is -1.81. The minimum absolute atomic E-state index is 0.0436. The zero-order valence-electron chi connectivity index (χ0n) is 15.8. The van der Waals surface area contributed by atoms with E-state index in [-0.39, 0.29) is 10.7 Å². The number of thioether (sulfide) groups is 1. The first kappa shape index (κ1) is 19.5. The standard InChI is InChI=1S/C21H28N2OS/c1-15(2)13-19-18(7-6-12-22-19)23-20(24)25-14-16-8-10-17(11-9-16)21(3,4)5/h6-12,15H,13-14H2,1-5H3,(H,23,24). The van der Waals surface area contributed by atoms with E-state index in [9.17, 15) is 4.79 Å². The number of hydrogen-bond donors (Lipinski definition) is 1. The Balaban J connectivity index is 1.93. The first-order valence-electron chi connectivity index (χ1n) is 8.73. The summed E-state index contributed by atoms with van der Waals surface area (Å²) in [4.78, 5) is 16.7. The van der Waals surface area contributed by atoms with Crippen LogP contribution in [0.4, 0.5) is 10.5 Å². The zero-order valence-corrected chi connectivity index (χ0v) is 16.6. The van der Waals surface area contributed by atoms with E-state index in [1.807, 2.05) is 12.1 Å². The quantitative estimate of drug-likeness (QED) is 0.710. The molecule has 0 unspecified atom stereocenters. The van der Waals surface area contributed by atoms with Gasteiger partial charge in [0, 0.05) is 11.9 Å². The highest BCUT2D eigenvalue weighted by molar-refractivity contribution is 8.13. The molecule has 2 rings (SSSR count). The molecule has 1 aromatic heterocycles. The van der Waals surface area contributed by atoms with E-state index in [1.54, 1.807) is 6.20 Å². The number of nitrogens with one attached hydrogen (secondary N) is 1. The largest absolute Gasteiger partial charge is 0.315 e. The van der Waals surface area contributed by atoms with Crippen LogP contribution in [0.1, 0.15) is 51.4 Å². The van der Waals surface area contributed by atoms with Gasteiger partial charge in [0.25, 0.3) is 5.24 Å².